The van der Waals surface area contributed by atoms with E-state index in [1.165, 1.54) is 0 Å². The molecule has 1 unspecified atom stereocenters. The summed E-state index contributed by atoms with van der Waals surface area (Å²) in [6.45, 7) is 6.50. The van der Waals surface area contributed by atoms with Crippen LogP contribution in [0.1, 0.15) is 39.1 Å². The Balaban J connectivity index is 1.68. The highest BCUT2D eigenvalue weighted by atomic mass is 15.4. The van der Waals surface area contributed by atoms with Gasteiger partial charge >= 0.3 is 0 Å². The summed E-state index contributed by atoms with van der Waals surface area (Å²) < 4.78 is 3.78. The second-order valence-electron chi connectivity index (χ2n) is 7.36. The van der Waals surface area contributed by atoms with Crippen LogP contribution < -0.4 is 4.90 Å². The maximum atomic E-state index is 4.96. The van der Waals surface area contributed by atoms with Gasteiger partial charge in [0, 0.05) is 11.6 Å². The number of anilines is 1. The molecule has 146 valence electrons. The van der Waals surface area contributed by atoms with Crippen LogP contribution in [0.25, 0.3) is 22.9 Å². The van der Waals surface area contributed by atoms with Crippen LogP contribution in [0.5, 0.6) is 0 Å². The van der Waals surface area contributed by atoms with Gasteiger partial charge in [-0.1, -0.05) is 37.3 Å². The molecule has 1 aliphatic rings. The van der Waals surface area contributed by atoms with Crippen molar-refractivity contribution in [3.63, 3.8) is 0 Å². The summed E-state index contributed by atoms with van der Waals surface area (Å²) in [7, 11) is 0. The lowest BCUT2D eigenvalue weighted by Crippen LogP contribution is -2.40. The summed E-state index contributed by atoms with van der Waals surface area (Å²) in [5.41, 5.74) is 2.91. The van der Waals surface area contributed by atoms with Gasteiger partial charge in [0.15, 0.2) is 11.6 Å². The lowest BCUT2D eigenvalue weighted by molar-refractivity contribution is 0.496. The van der Waals surface area contributed by atoms with E-state index in [0.29, 0.717) is 5.95 Å². The van der Waals surface area contributed by atoms with Crippen molar-refractivity contribution >= 4 is 5.82 Å². The average molecular weight is 386 g/mol. The van der Waals surface area contributed by atoms with Crippen molar-refractivity contribution in [3.05, 3.63) is 60.9 Å². The van der Waals surface area contributed by atoms with Crippen LogP contribution in [-0.2, 0) is 0 Å². The van der Waals surface area contributed by atoms with Crippen molar-refractivity contribution in [2.75, 3.05) is 4.90 Å². The van der Waals surface area contributed by atoms with E-state index in [9.17, 15) is 0 Å². The number of hydrogen-bond donors (Lipinski definition) is 0. The molecule has 0 saturated carbocycles. The maximum Gasteiger partial charge on any atom is 0.253 e. The van der Waals surface area contributed by atoms with Crippen LogP contribution in [0, 0.1) is 0 Å². The summed E-state index contributed by atoms with van der Waals surface area (Å²) in [5, 5.41) is 13.0. The molecule has 0 saturated heterocycles. The third kappa shape index (κ3) is 2.71. The van der Waals surface area contributed by atoms with E-state index in [1.54, 1.807) is 17.2 Å². The molecule has 0 bridgehead atoms. The highest BCUT2D eigenvalue weighted by molar-refractivity contribution is 5.64. The summed E-state index contributed by atoms with van der Waals surface area (Å²) >= 11 is 0. The van der Waals surface area contributed by atoms with Gasteiger partial charge in [0.05, 0.1) is 24.1 Å². The SMILES string of the molecule is CCC1c2nncn2-c2cnc(-n3nccc3-c3ccccc3)nc2N1C(C)C. The third-order valence-corrected chi connectivity index (χ3v) is 5.29. The van der Waals surface area contributed by atoms with Gasteiger partial charge in [0.2, 0.25) is 0 Å². The molecule has 8 nitrogen and oxygen atoms in total. The maximum absolute atomic E-state index is 4.96. The second-order valence-corrected chi connectivity index (χ2v) is 7.36. The molecule has 4 aromatic rings. The van der Waals surface area contributed by atoms with Gasteiger partial charge in [0.25, 0.3) is 5.95 Å². The van der Waals surface area contributed by atoms with E-state index in [-0.39, 0.29) is 12.1 Å². The Morgan fingerprint density at radius 2 is 1.93 bits per heavy atom. The predicted octanol–water partition coefficient (Wildman–Crippen LogP) is 3.59. The van der Waals surface area contributed by atoms with Crippen LogP contribution in [0.15, 0.2) is 55.1 Å². The highest BCUT2D eigenvalue weighted by Crippen LogP contribution is 2.39. The molecule has 29 heavy (non-hydrogen) atoms. The second kappa shape index (κ2) is 6.80. The topological polar surface area (TPSA) is 77.5 Å². The Morgan fingerprint density at radius 3 is 2.69 bits per heavy atom. The van der Waals surface area contributed by atoms with Crippen LogP contribution in [-0.4, -0.2) is 40.6 Å². The van der Waals surface area contributed by atoms with Crippen molar-refractivity contribution in [2.24, 2.45) is 0 Å². The van der Waals surface area contributed by atoms with Crippen molar-refractivity contribution in [1.29, 1.82) is 0 Å². The number of nitrogens with zero attached hydrogens (tertiary/aromatic N) is 8. The normalized spacial score (nSPS) is 15.4. The molecule has 1 aromatic carbocycles. The first kappa shape index (κ1) is 17.5. The minimum atomic E-state index is 0.110. The zero-order valence-corrected chi connectivity index (χ0v) is 16.6. The first-order valence-corrected chi connectivity index (χ1v) is 9.84. The van der Waals surface area contributed by atoms with Gasteiger partial charge < -0.3 is 4.90 Å². The summed E-state index contributed by atoms with van der Waals surface area (Å²) in [4.78, 5) is 11.9. The number of rotatable bonds is 4. The molecule has 1 atom stereocenters. The van der Waals surface area contributed by atoms with E-state index >= 15 is 0 Å². The lowest BCUT2D eigenvalue weighted by Gasteiger charge is -2.39. The quantitative estimate of drug-likeness (QED) is 0.533. The van der Waals surface area contributed by atoms with E-state index in [1.807, 2.05) is 35.0 Å². The van der Waals surface area contributed by atoms with Gasteiger partial charge in [-0.3, -0.25) is 4.57 Å². The van der Waals surface area contributed by atoms with Crippen molar-refractivity contribution in [2.45, 2.75) is 39.3 Å². The van der Waals surface area contributed by atoms with Crippen molar-refractivity contribution in [1.82, 2.24) is 34.5 Å². The molecule has 0 aliphatic carbocycles. The summed E-state index contributed by atoms with van der Waals surface area (Å²) in [6.07, 6.45) is 6.26. The zero-order valence-electron chi connectivity index (χ0n) is 16.6. The first-order valence-electron chi connectivity index (χ1n) is 9.84. The van der Waals surface area contributed by atoms with Crippen LogP contribution in [0.2, 0.25) is 0 Å². The molecule has 3 aromatic heterocycles. The molecule has 0 radical (unpaired) electrons. The standard InChI is InChI=1S/C21H22N8/c1-4-16-20-26-23-13-27(20)18-12-22-21(25-19(18)28(16)14(2)3)29-17(10-11-24-29)15-8-6-5-7-9-15/h5-14,16H,4H2,1-3H3. The van der Waals surface area contributed by atoms with E-state index in [4.69, 9.17) is 4.98 Å². The number of fused-ring (bicyclic) bond motifs is 3. The fourth-order valence-electron chi connectivity index (χ4n) is 4.02. The minimum Gasteiger partial charge on any atom is -0.342 e. The highest BCUT2D eigenvalue weighted by Gasteiger charge is 2.35. The number of aromatic nitrogens is 7. The fourth-order valence-corrected chi connectivity index (χ4v) is 4.02. The molecule has 0 amide bonds. The first-order chi connectivity index (χ1) is 14.2. The third-order valence-electron chi connectivity index (χ3n) is 5.29. The Labute approximate surface area is 168 Å². The molecule has 4 heterocycles. The minimum absolute atomic E-state index is 0.110. The van der Waals surface area contributed by atoms with Gasteiger partial charge in [-0.05, 0) is 26.3 Å². The summed E-state index contributed by atoms with van der Waals surface area (Å²) in [6, 6.07) is 12.5. The van der Waals surface area contributed by atoms with E-state index in [2.05, 4.69) is 58.1 Å². The van der Waals surface area contributed by atoms with Crippen LogP contribution in [0.3, 0.4) is 0 Å². The van der Waals surface area contributed by atoms with Crippen LogP contribution in [0.4, 0.5) is 5.82 Å². The zero-order chi connectivity index (χ0) is 20.0. The molecule has 0 N–H and O–H groups in total. The van der Waals surface area contributed by atoms with Crippen molar-refractivity contribution in [3.8, 4) is 22.9 Å². The Kier molecular flexibility index (Phi) is 4.12. The Bertz CT molecular complexity index is 1140. The van der Waals surface area contributed by atoms with E-state index in [0.717, 1.165) is 35.0 Å². The number of benzene rings is 1. The monoisotopic (exact) mass is 386 g/mol. The largest absolute Gasteiger partial charge is 0.342 e. The molecular formula is C21H22N8. The van der Waals surface area contributed by atoms with Crippen molar-refractivity contribution < 1.29 is 0 Å². The van der Waals surface area contributed by atoms with Gasteiger partial charge in [0.1, 0.15) is 12.0 Å². The van der Waals surface area contributed by atoms with Gasteiger partial charge in [-0.15, -0.1) is 10.2 Å². The van der Waals surface area contributed by atoms with Gasteiger partial charge in [-0.2, -0.15) is 14.8 Å². The molecule has 8 heteroatoms. The lowest BCUT2D eigenvalue weighted by atomic mass is 10.1. The molecule has 1 aliphatic heterocycles. The predicted molar refractivity (Wildman–Crippen MR) is 110 cm³/mol. The van der Waals surface area contributed by atoms with Gasteiger partial charge in [-0.25, -0.2) is 4.98 Å². The Hall–Kier alpha value is -3.55. The average Bonchev–Trinajstić information content (AvgIpc) is 3.42. The van der Waals surface area contributed by atoms with E-state index < -0.39 is 0 Å². The Morgan fingerprint density at radius 1 is 1.10 bits per heavy atom. The fraction of sp³-hybridized carbons (Fsp3) is 0.286. The molecule has 0 fully saturated rings. The smallest absolute Gasteiger partial charge is 0.253 e. The summed E-state index contributed by atoms with van der Waals surface area (Å²) in [5.74, 6) is 2.34. The number of hydrogen-bond acceptors (Lipinski definition) is 6. The molecule has 5 rings (SSSR count). The van der Waals surface area contributed by atoms with Crippen LogP contribution >= 0.6 is 0 Å². The molecular weight excluding hydrogens is 364 g/mol. The molecule has 0 spiro atoms.